The third-order valence-corrected chi connectivity index (χ3v) is 3.50. The fourth-order valence-electron chi connectivity index (χ4n) is 2.18. The zero-order chi connectivity index (χ0) is 13.2. The molecular formula is C14H19N3O2. The van der Waals surface area contributed by atoms with Crippen molar-refractivity contribution in [2.45, 2.75) is 26.3 Å². The lowest BCUT2D eigenvalue weighted by Crippen LogP contribution is -2.11. The number of anilines is 1. The van der Waals surface area contributed by atoms with Gasteiger partial charge in [-0.25, -0.2) is 4.68 Å². The average Bonchev–Trinajstić information content (AvgIpc) is 3.00. The second kappa shape index (κ2) is 5.09. The minimum atomic E-state index is 0.0869. The topological polar surface area (TPSA) is 63.2 Å². The number of aryl methyl sites for hydroxylation is 1. The summed E-state index contributed by atoms with van der Waals surface area (Å²) in [4.78, 5) is 0. The molecule has 5 nitrogen and oxygen atoms in total. The standard InChI is InChI=1S/C14H19N3O2/c1-10-12(4-7-19-10)13-8-14(15-9-11-2-3-11)17(16-13)5-6-18/h4,7-8,11,15,18H,2-3,5-6,9H2,1H3. The molecule has 3 rings (SSSR count). The molecule has 5 heteroatoms. The number of hydrogen-bond donors (Lipinski definition) is 2. The molecule has 0 saturated heterocycles. The molecule has 0 aliphatic heterocycles. The monoisotopic (exact) mass is 261 g/mol. The molecule has 0 bridgehead atoms. The summed E-state index contributed by atoms with van der Waals surface area (Å²) in [6.45, 7) is 3.51. The molecule has 2 aromatic rings. The van der Waals surface area contributed by atoms with E-state index in [1.165, 1.54) is 12.8 Å². The lowest BCUT2D eigenvalue weighted by atomic mass is 10.2. The lowest BCUT2D eigenvalue weighted by Gasteiger charge is -2.07. The molecule has 102 valence electrons. The van der Waals surface area contributed by atoms with Gasteiger partial charge in [0.25, 0.3) is 0 Å². The van der Waals surface area contributed by atoms with Crippen molar-refractivity contribution < 1.29 is 9.52 Å². The van der Waals surface area contributed by atoms with Crippen molar-refractivity contribution in [3.05, 3.63) is 24.2 Å². The Morgan fingerprint density at radius 1 is 1.53 bits per heavy atom. The number of rotatable bonds is 6. The summed E-state index contributed by atoms with van der Waals surface area (Å²) in [6, 6.07) is 3.95. The summed E-state index contributed by atoms with van der Waals surface area (Å²) in [6.07, 6.45) is 4.30. The lowest BCUT2D eigenvalue weighted by molar-refractivity contribution is 0.270. The van der Waals surface area contributed by atoms with E-state index in [9.17, 15) is 0 Å². The van der Waals surface area contributed by atoms with Crippen LogP contribution in [0.2, 0.25) is 0 Å². The van der Waals surface area contributed by atoms with E-state index in [1.807, 2.05) is 23.7 Å². The van der Waals surface area contributed by atoms with Gasteiger partial charge in [0.05, 0.1) is 25.1 Å². The summed E-state index contributed by atoms with van der Waals surface area (Å²) in [7, 11) is 0. The first-order valence-electron chi connectivity index (χ1n) is 6.75. The maximum atomic E-state index is 9.12. The Labute approximate surface area is 112 Å². The molecule has 1 fully saturated rings. The van der Waals surface area contributed by atoms with Crippen molar-refractivity contribution >= 4 is 5.82 Å². The van der Waals surface area contributed by atoms with Crippen molar-refractivity contribution in [3.8, 4) is 11.3 Å². The number of aromatic nitrogens is 2. The third kappa shape index (κ3) is 2.66. The fraction of sp³-hybridized carbons (Fsp3) is 0.500. The molecule has 0 unspecified atom stereocenters. The van der Waals surface area contributed by atoms with Gasteiger partial charge in [-0.2, -0.15) is 5.10 Å². The number of hydrogen-bond acceptors (Lipinski definition) is 4. The number of aliphatic hydroxyl groups excluding tert-OH is 1. The Morgan fingerprint density at radius 2 is 2.37 bits per heavy atom. The minimum absolute atomic E-state index is 0.0869. The normalized spacial score (nSPS) is 14.8. The van der Waals surface area contributed by atoms with E-state index in [0.717, 1.165) is 35.3 Å². The first kappa shape index (κ1) is 12.3. The molecule has 0 atom stereocenters. The van der Waals surface area contributed by atoms with Crippen LogP contribution in [-0.4, -0.2) is 28.0 Å². The Hall–Kier alpha value is -1.75. The van der Waals surface area contributed by atoms with Crippen LogP contribution in [0.4, 0.5) is 5.82 Å². The molecular weight excluding hydrogens is 242 g/mol. The van der Waals surface area contributed by atoms with Crippen molar-refractivity contribution in [2.24, 2.45) is 5.92 Å². The van der Waals surface area contributed by atoms with Gasteiger partial charge >= 0.3 is 0 Å². The van der Waals surface area contributed by atoms with Crippen LogP contribution in [0, 0.1) is 12.8 Å². The maximum Gasteiger partial charge on any atom is 0.125 e. The number of furan rings is 1. The van der Waals surface area contributed by atoms with Crippen LogP contribution in [-0.2, 0) is 6.54 Å². The minimum Gasteiger partial charge on any atom is -0.469 e. The van der Waals surface area contributed by atoms with Gasteiger partial charge in [0.1, 0.15) is 11.6 Å². The summed E-state index contributed by atoms with van der Waals surface area (Å²) < 4.78 is 7.14. The van der Waals surface area contributed by atoms with Crippen LogP contribution in [0.15, 0.2) is 22.8 Å². The van der Waals surface area contributed by atoms with E-state index in [2.05, 4.69) is 10.4 Å². The molecule has 2 aromatic heterocycles. The second-order valence-electron chi connectivity index (χ2n) is 5.08. The molecule has 1 aliphatic carbocycles. The van der Waals surface area contributed by atoms with Crippen LogP contribution in [0.3, 0.4) is 0 Å². The van der Waals surface area contributed by atoms with E-state index < -0.39 is 0 Å². The summed E-state index contributed by atoms with van der Waals surface area (Å²) in [5, 5.41) is 17.1. The van der Waals surface area contributed by atoms with Crippen LogP contribution in [0.25, 0.3) is 11.3 Å². The highest BCUT2D eigenvalue weighted by Crippen LogP contribution is 2.30. The first-order chi connectivity index (χ1) is 9.28. The molecule has 0 spiro atoms. The predicted molar refractivity (Wildman–Crippen MR) is 73.0 cm³/mol. The van der Waals surface area contributed by atoms with Gasteiger partial charge in [0.15, 0.2) is 0 Å². The summed E-state index contributed by atoms with van der Waals surface area (Å²) >= 11 is 0. The Balaban J connectivity index is 1.84. The highest BCUT2D eigenvalue weighted by atomic mass is 16.3. The Bertz CT molecular complexity index is 555. The first-order valence-corrected chi connectivity index (χ1v) is 6.75. The van der Waals surface area contributed by atoms with Gasteiger partial charge in [0.2, 0.25) is 0 Å². The summed E-state index contributed by atoms with van der Waals surface area (Å²) in [5.41, 5.74) is 1.89. The van der Waals surface area contributed by atoms with E-state index in [0.29, 0.717) is 6.54 Å². The Kier molecular flexibility index (Phi) is 3.29. The third-order valence-electron chi connectivity index (χ3n) is 3.50. The molecule has 0 amide bonds. The van der Waals surface area contributed by atoms with Crippen molar-refractivity contribution in [2.75, 3.05) is 18.5 Å². The SMILES string of the molecule is Cc1occc1-c1cc(NCC2CC2)n(CCO)n1. The fourth-order valence-corrected chi connectivity index (χ4v) is 2.18. The molecule has 1 aliphatic rings. The molecule has 1 saturated carbocycles. The second-order valence-corrected chi connectivity index (χ2v) is 5.08. The summed E-state index contributed by atoms with van der Waals surface area (Å²) in [5.74, 6) is 2.63. The van der Waals surface area contributed by atoms with E-state index >= 15 is 0 Å². The zero-order valence-corrected chi connectivity index (χ0v) is 11.1. The largest absolute Gasteiger partial charge is 0.469 e. The van der Waals surface area contributed by atoms with Gasteiger partial charge in [-0.15, -0.1) is 0 Å². The zero-order valence-electron chi connectivity index (χ0n) is 11.1. The van der Waals surface area contributed by atoms with Gasteiger partial charge < -0.3 is 14.8 Å². The number of nitrogens with zero attached hydrogens (tertiary/aromatic N) is 2. The molecule has 2 N–H and O–H groups in total. The Morgan fingerprint density at radius 3 is 3.00 bits per heavy atom. The van der Waals surface area contributed by atoms with Crippen LogP contribution >= 0.6 is 0 Å². The van der Waals surface area contributed by atoms with E-state index in [4.69, 9.17) is 9.52 Å². The highest BCUT2D eigenvalue weighted by molar-refractivity contribution is 5.64. The van der Waals surface area contributed by atoms with Crippen molar-refractivity contribution in [3.63, 3.8) is 0 Å². The van der Waals surface area contributed by atoms with Gasteiger partial charge in [0, 0.05) is 18.2 Å². The van der Waals surface area contributed by atoms with E-state index in [1.54, 1.807) is 6.26 Å². The van der Waals surface area contributed by atoms with Crippen molar-refractivity contribution in [1.29, 1.82) is 0 Å². The van der Waals surface area contributed by atoms with Gasteiger partial charge in [-0.05, 0) is 31.7 Å². The van der Waals surface area contributed by atoms with E-state index in [-0.39, 0.29) is 6.61 Å². The quantitative estimate of drug-likeness (QED) is 0.837. The average molecular weight is 261 g/mol. The predicted octanol–water partition coefficient (Wildman–Crippen LogP) is 2.27. The van der Waals surface area contributed by atoms with Crippen LogP contribution in [0.1, 0.15) is 18.6 Å². The van der Waals surface area contributed by atoms with Gasteiger partial charge in [-0.3, -0.25) is 0 Å². The number of aliphatic hydroxyl groups is 1. The molecule has 0 radical (unpaired) electrons. The van der Waals surface area contributed by atoms with Crippen LogP contribution in [0.5, 0.6) is 0 Å². The van der Waals surface area contributed by atoms with Gasteiger partial charge in [-0.1, -0.05) is 0 Å². The number of nitrogens with one attached hydrogen (secondary N) is 1. The highest BCUT2D eigenvalue weighted by Gasteiger charge is 2.21. The smallest absolute Gasteiger partial charge is 0.125 e. The maximum absolute atomic E-state index is 9.12. The van der Waals surface area contributed by atoms with Crippen molar-refractivity contribution in [1.82, 2.24) is 9.78 Å². The molecule has 0 aromatic carbocycles. The molecule has 2 heterocycles. The molecule has 19 heavy (non-hydrogen) atoms. The van der Waals surface area contributed by atoms with Crippen LogP contribution < -0.4 is 5.32 Å².